The van der Waals surface area contributed by atoms with Gasteiger partial charge >= 0.3 is 0 Å². The predicted octanol–water partition coefficient (Wildman–Crippen LogP) is 1.55. The Balaban J connectivity index is 1.97. The molecule has 1 fully saturated rings. The first kappa shape index (κ1) is 12.6. The molecule has 1 aromatic rings. The lowest BCUT2D eigenvalue weighted by Gasteiger charge is -2.14. The third-order valence-corrected chi connectivity index (χ3v) is 3.36. The van der Waals surface area contributed by atoms with Crippen LogP contribution in [-0.4, -0.2) is 19.0 Å². The number of hydrogen-bond acceptors (Lipinski definition) is 3. The van der Waals surface area contributed by atoms with E-state index in [2.05, 4.69) is 23.6 Å². The highest BCUT2D eigenvalue weighted by atomic mass is 16.1. The highest BCUT2D eigenvalue weighted by Gasteiger charge is 2.29. The second-order valence-electron chi connectivity index (χ2n) is 4.76. The normalized spacial score (nSPS) is 22.4. The molecule has 2 atom stereocenters. The molecule has 0 aromatic heterocycles. The molecule has 0 aliphatic carbocycles. The number of carbonyl (C=O) groups is 1. The van der Waals surface area contributed by atoms with Crippen LogP contribution < -0.4 is 10.6 Å². The smallest absolute Gasteiger partial charge is 0.229 e. The number of rotatable bonds is 3. The molecule has 1 aromatic carbocycles. The summed E-state index contributed by atoms with van der Waals surface area (Å²) in [4.78, 5) is 12.0. The fourth-order valence-electron chi connectivity index (χ4n) is 2.19. The molecule has 18 heavy (non-hydrogen) atoms. The van der Waals surface area contributed by atoms with Crippen molar-refractivity contribution in [1.82, 2.24) is 5.32 Å². The SMILES string of the molecule is CC1CNCC1C(=O)Nc1ccc(CC#N)cc1. The van der Waals surface area contributed by atoms with Crippen molar-refractivity contribution >= 4 is 11.6 Å². The third kappa shape index (κ3) is 2.88. The van der Waals surface area contributed by atoms with E-state index in [1.54, 1.807) is 0 Å². The number of carbonyl (C=O) groups excluding carboxylic acids is 1. The van der Waals surface area contributed by atoms with Gasteiger partial charge in [0.25, 0.3) is 0 Å². The number of hydrogen-bond donors (Lipinski definition) is 2. The van der Waals surface area contributed by atoms with Gasteiger partial charge in [-0.3, -0.25) is 4.79 Å². The molecule has 1 aliphatic heterocycles. The highest BCUT2D eigenvalue weighted by Crippen LogP contribution is 2.18. The molecule has 0 spiro atoms. The van der Waals surface area contributed by atoms with Crippen LogP contribution in [0, 0.1) is 23.2 Å². The van der Waals surface area contributed by atoms with E-state index < -0.39 is 0 Å². The highest BCUT2D eigenvalue weighted by molar-refractivity contribution is 5.93. The first-order valence-electron chi connectivity index (χ1n) is 6.18. The number of nitrogens with zero attached hydrogens (tertiary/aromatic N) is 1. The predicted molar refractivity (Wildman–Crippen MR) is 69.9 cm³/mol. The maximum Gasteiger partial charge on any atom is 0.229 e. The van der Waals surface area contributed by atoms with Gasteiger partial charge in [0.2, 0.25) is 5.91 Å². The Morgan fingerprint density at radius 1 is 1.44 bits per heavy atom. The Morgan fingerprint density at radius 2 is 2.17 bits per heavy atom. The van der Waals surface area contributed by atoms with Gasteiger partial charge in [-0.15, -0.1) is 0 Å². The summed E-state index contributed by atoms with van der Waals surface area (Å²) in [5.74, 6) is 0.493. The van der Waals surface area contributed by atoms with Crippen LogP contribution in [0.3, 0.4) is 0 Å². The maximum absolute atomic E-state index is 12.0. The van der Waals surface area contributed by atoms with Crippen LogP contribution in [-0.2, 0) is 11.2 Å². The zero-order chi connectivity index (χ0) is 13.0. The minimum Gasteiger partial charge on any atom is -0.326 e. The second-order valence-corrected chi connectivity index (χ2v) is 4.76. The van der Waals surface area contributed by atoms with Crippen LogP contribution in [0.5, 0.6) is 0 Å². The van der Waals surface area contributed by atoms with E-state index in [0.717, 1.165) is 24.3 Å². The van der Waals surface area contributed by atoms with E-state index in [1.807, 2.05) is 24.3 Å². The lowest BCUT2D eigenvalue weighted by molar-refractivity contribution is -0.120. The summed E-state index contributed by atoms with van der Waals surface area (Å²) in [6.45, 7) is 3.74. The van der Waals surface area contributed by atoms with E-state index in [4.69, 9.17) is 5.26 Å². The topological polar surface area (TPSA) is 64.9 Å². The Morgan fingerprint density at radius 3 is 2.72 bits per heavy atom. The third-order valence-electron chi connectivity index (χ3n) is 3.36. The van der Waals surface area contributed by atoms with E-state index >= 15 is 0 Å². The average Bonchev–Trinajstić information content (AvgIpc) is 2.78. The van der Waals surface area contributed by atoms with Gasteiger partial charge < -0.3 is 10.6 Å². The molecule has 0 saturated carbocycles. The summed E-state index contributed by atoms with van der Waals surface area (Å²) in [7, 11) is 0. The van der Waals surface area contributed by atoms with Crippen LogP contribution in [0.2, 0.25) is 0 Å². The van der Waals surface area contributed by atoms with Gasteiger partial charge in [-0.1, -0.05) is 19.1 Å². The molecular weight excluding hydrogens is 226 g/mol. The van der Waals surface area contributed by atoms with Crippen LogP contribution in [0.15, 0.2) is 24.3 Å². The van der Waals surface area contributed by atoms with Crippen molar-refractivity contribution in [1.29, 1.82) is 5.26 Å². The van der Waals surface area contributed by atoms with Crippen molar-refractivity contribution in [3.8, 4) is 6.07 Å². The van der Waals surface area contributed by atoms with Gasteiger partial charge in [-0.2, -0.15) is 5.26 Å². The minimum absolute atomic E-state index is 0.0452. The van der Waals surface area contributed by atoms with Crippen molar-refractivity contribution in [2.45, 2.75) is 13.3 Å². The number of benzene rings is 1. The molecule has 1 saturated heterocycles. The average molecular weight is 243 g/mol. The van der Waals surface area contributed by atoms with Crippen molar-refractivity contribution in [3.05, 3.63) is 29.8 Å². The largest absolute Gasteiger partial charge is 0.326 e. The summed E-state index contributed by atoms with van der Waals surface area (Å²) in [6.07, 6.45) is 0.401. The number of nitrogens with one attached hydrogen (secondary N) is 2. The molecule has 0 radical (unpaired) electrons. The Kier molecular flexibility index (Phi) is 3.96. The van der Waals surface area contributed by atoms with Crippen LogP contribution >= 0.6 is 0 Å². The molecule has 0 bridgehead atoms. The summed E-state index contributed by atoms with van der Waals surface area (Å²) >= 11 is 0. The van der Waals surface area contributed by atoms with Gasteiger partial charge in [-0.25, -0.2) is 0 Å². The van der Waals surface area contributed by atoms with Gasteiger partial charge in [0, 0.05) is 12.2 Å². The lowest BCUT2D eigenvalue weighted by Crippen LogP contribution is -2.27. The van der Waals surface area contributed by atoms with E-state index in [1.165, 1.54) is 0 Å². The molecule has 1 heterocycles. The van der Waals surface area contributed by atoms with Crippen LogP contribution in [0.1, 0.15) is 12.5 Å². The van der Waals surface area contributed by atoms with Gasteiger partial charge in [0.1, 0.15) is 0 Å². The number of anilines is 1. The molecule has 1 aliphatic rings. The zero-order valence-electron chi connectivity index (χ0n) is 10.4. The Hall–Kier alpha value is -1.86. The van der Waals surface area contributed by atoms with Crippen LogP contribution in [0.4, 0.5) is 5.69 Å². The monoisotopic (exact) mass is 243 g/mol. The van der Waals surface area contributed by atoms with Crippen molar-refractivity contribution in [2.24, 2.45) is 11.8 Å². The maximum atomic E-state index is 12.0. The fraction of sp³-hybridized carbons (Fsp3) is 0.429. The number of nitriles is 1. The first-order valence-corrected chi connectivity index (χ1v) is 6.18. The summed E-state index contributed by atoms with van der Waals surface area (Å²) in [6, 6.07) is 9.53. The van der Waals surface area contributed by atoms with Crippen molar-refractivity contribution in [3.63, 3.8) is 0 Å². The molecule has 2 unspecified atom stereocenters. The minimum atomic E-state index is 0.0452. The van der Waals surface area contributed by atoms with E-state index in [9.17, 15) is 4.79 Å². The molecule has 4 nitrogen and oxygen atoms in total. The second kappa shape index (κ2) is 5.65. The fourth-order valence-corrected chi connectivity index (χ4v) is 2.19. The van der Waals surface area contributed by atoms with E-state index in [-0.39, 0.29) is 11.8 Å². The molecule has 2 rings (SSSR count). The standard InChI is InChI=1S/C14H17N3O/c1-10-8-16-9-13(10)14(18)17-12-4-2-11(3-5-12)6-7-15/h2-5,10,13,16H,6,8-9H2,1H3,(H,17,18). The molecule has 1 amide bonds. The van der Waals surface area contributed by atoms with Crippen LogP contribution in [0.25, 0.3) is 0 Å². The molecule has 4 heteroatoms. The summed E-state index contributed by atoms with van der Waals surface area (Å²) < 4.78 is 0. The number of amides is 1. The summed E-state index contributed by atoms with van der Waals surface area (Å²) in [5, 5.41) is 14.7. The molecule has 94 valence electrons. The summed E-state index contributed by atoms with van der Waals surface area (Å²) in [5.41, 5.74) is 1.76. The zero-order valence-corrected chi connectivity index (χ0v) is 10.4. The van der Waals surface area contributed by atoms with Gasteiger partial charge in [0.05, 0.1) is 18.4 Å². The van der Waals surface area contributed by atoms with Gasteiger partial charge in [0.15, 0.2) is 0 Å². The van der Waals surface area contributed by atoms with Crippen molar-refractivity contribution in [2.75, 3.05) is 18.4 Å². The van der Waals surface area contributed by atoms with Gasteiger partial charge in [-0.05, 0) is 30.2 Å². The van der Waals surface area contributed by atoms with Crippen molar-refractivity contribution < 1.29 is 4.79 Å². The Labute approximate surface area is 107 Å². The molecular formula is C14H17N3O. The Bertz CT molecular complexity index is 461. The molecule has 2 N–H and O–H groups in total. The lowest BCUT2D eigenvalue weighted by atomic mass is 9.97. The first-order chi connectivity index (χ1) is 8.70. The quantitative estimate of drug-likeness (QED) is 0.846. The van der Waals surface area contributed by atoms with E-state index in [0.29, 0.717) is 12.3 Å².